The first-order valence-electron chi connectivity index (χ1n) is 10.0. The van der Waals surface area contributed by atoms with E-state index in [-0.39, 0.29) is 28.3 Å². The van der Waals surface area contributed by atoms with Gasteiger partial charge in [-0.25, -0.2) is 18.0 Å². The van der Waals surface area contributed by atoms with Crippen LogP contribution in [0.1, 0.15) is 50.4 Å². The lowest BCUT2D eigenvalue weighted by molar-refractivity contribution is -0.123. The highest BCUT2D eigenvalue weighted by atomic mass is 32.2. The molecule has 0 aromatic heterocycles. The summed E-state index contributed by atoms with van der Waals surface area (Å²) >= 11 is 0. The third-order valence-corrected chi connectivity index (χ3v) is 6.77. The Kier molecular flexibility index (Phi) is 8.40. The Labute approximate surface area is 182 Å². The molecule has 1 heterocycles. The third kappa shape index (κ3) is 6.41. The maximum absolute atomic E-state index is 13.2. The van der Waals surface area contributed by atoms with Gasteiger partial charge >= 0.3 is 12.0 Å². The molecule has 2 N–H and O–H groups in total. The van der Waals surface area contributed by atoms with Gasteiger partial charge in [-0.2, -0.15) is 4.31 Å². The van der Waals surface area contributed by atoms with Crippen molar-refractivity contribution in [1.82, 2.24) is 14.9 Å². The second-order valence-electron chi connectivity index (χ2n) is 7.58. The van der Waals surface area contributed by atoms with Crippen molar-refractivity contribution in [2.24, 2.45) is 0 Å². The van der Waals surface area contributed by atoms with Gasteiger partial charge in [0.25, 0.3) is 5.91 Å². The third-order valence-electron chi connectivity index (χ3n) is 4.74. The van der Waals surface area contributed by atoms with Gasteiger partial charge in [0, 0.05) is 18.6 Å². The highest BCUT2D eigenvalue weighted by molar-refractivity contribution is 7.89. The zero-order valence-electron chi connectivity index (χ0n) is 18.1. The number of carbonyl (C=O) groups is 3. The lowest BCUT2D eigenvalue weighted by Gasteiger charge is -2.32. The van der Waals surface area contributed by atoms with E-state index in [0.717, 1.165) is 19.3 Å². The van der Waals surface area contributed by atoms with E-state index in [9.17, 15) is 22.8 Å². The SMILES string of the molecule is COc1ccc(C(=O)OCC(=O)NC(=O)NC(C)C)cc1S(=O)(=O)N1CCCCC1C. The minimum absolute atomic E-state index is 0.0523. The molecule has 1 aliphatic rings. The fraction of sp³-hybridized carbons (Fsp3) is 0.550. The van der Waals surface area contributed by atoms with Gasteiger partial charge < -0.3 is 14.8 Å². The number of esters is 1. The molecule has 1 aromatic rings. The minimum Gasteiger partial charge on any atom is -0.495 e. The fourth-order valence-corrected chi connectivity index (χ4v) is 5.12. The molecule has 1 aromatic carbocycles. The predicted molar refractivity (Wildman–Crippen MR) is 112 cm³/mol. The summed E-state index contributed by atoms with van der Waals surface area (Å²) in [6.07, 6.45) is 2.46. The Morgan fingerprint density at radius 3 is 2.55 bits per heavy atom. The van der Waals surface area contributed by atoms with Crippen molar-refractivity contribution >= 4 is 27.9 Å². The number of nitrogens with one attached hydrogen (secondary N) is 2. The second kappa shape index (κ2) is 10.6. The van der Waals surface area contributed by atoms with E-state index in [1.165, 1.54) is 29.6 Å². The average molecular weight is 456 g/mol. The van der Waals surface area contributed by atoms with E-state index >= 15 is 0 Å². The average Bonchev–Trinajstić information content (AvgIpc) is 2.71. The number of ether oxygens (including phenoxy) is 2. The summed E-state index contributed by atoms with van der Waals surface area (Å²) in [4.78, 5) is 35.5. The number of benzene rings is 1. The van der Waals surface area contributed by atoms with E-state index in [0.29, 0.717) is 6.54 Å². The van der Waals surface area contributed by atoms with E-state index in [2.05, 4.69) is 5.32 Å². The van der Waals surface area contributed by atoms with Crippen molar-refractivity contribution in [3.8, 4) is 5.75 Å². The number of rotatable bonds is 7. The number of piperidine rings is 1. The van der Waals surface area contributed by atoms with Crippen LogP contribution in [0.4, 0.5) is 4.79 Å². The number of nitrogens with zero attached hydrogens (tertiary/aromatic N) is 1. The first kappa shape index (κ1) is 24.6. The number of methoxy groups -OCH3 is 1. The summed E-state index contributed by atoms with van der Waals surface area (Å²) in [7, 11) is -2.55. The Balaban J connectivity index is 2.15. The predicted octanol–water partition coefficient (Wildman–Crippen LogP) is 1.65. The summed E-state index contributed by atoms with van der Waals surface area (Å²) in [6.45, 7) is 4.99. The molecule has 0 spiro atoms. The van der Waals surface area contributed by atoms with Crippen LogP contribution in [0.2, 0.25) is 0 Å². The molecule has 31 heavy (non-hydrogen) atoms. The number of imide groups is 1. The zero-order chi connectivity index (χ0) is 23.2. The highest BCUT2D eigenvalue weighted by Gasteiger charge is 2.33. The molecule has 0 saturated carbocycles. The van der Waals surface area contributed by atoms with Crippen molar-refractivity contribution < 1.29 is 32.3 Å². The van der Waals surface area contributed by atoms with Crippen LogP contribution in [0, 0.1) is 0 Å². The maximum Gasteiger partial charge on any atom is 0.338 e. The Hall–Kier alpha value is -2.66. The number of amides is 3. The van der Waals surface area contributed by atoms with Crippen molar-refractivity contribution in [2.75, 3.05) is 20.3 Å². The lowest BCUT2D eigenvalue weighted by atomic mass is 10.1. The summed E-state index contributed by atoms with van der Waals surface area (Å²) in [5.74, 6) is -1.60. The van der Waals surface area contributed by atoms with Crippen molar-refractivity contribution in [3.05, 3.63) is 23.8 Å². The standard InChI is InChI=1S/C20H29N3O7S/c1-13(2)21-20(26)22-18(24)12-30-19(25)15-8-9-16(29-4)17(11-15)31(27,28)23-10-6-5-7-14(23)3/h8-9,11,13-14H,5-7,10,12H2,1-4H3,(H2,21,22,24,26). The molecule has 1 unspecified atom stereocenters. The van der Waals surface area contributed by atoms with E-state index in [1.807, 2.05) is 12.2 Å². The number of urea groups is 1. The quantitative estimate of drug-likeness (QED) is 0.598. The summed E-state index contributed by atoms with van der Waals surface area (Å²) < 4.78 is 38.0. The molecule has 0 radical (unpaired) electrons. The first-order chi connectivity index (χ1) is 14.6. The number of hydrogen-bond acceptors (Lipinski definition) is 7. The van der Waals surface area contributed by atoms with E-state index in [4.69, 9.17) is 9.47 Å². The Bertz CT molecular complexity index is 931. The summed E-state index contributed by atoms with van der Waals surface area (Å²) in [6, 6.07) is 2.86. The zero-order valence-corrected chi connectivity index (χ0v) is 19.0. The fourth-order valence-electron chi connectivity index (χ4n) is 3.24. The molecule has 1 fully saturated rings. The second-order valence-corrected chi connectivity index (χ2v) is 9.44. The van der Waals surface area contributed by atoms with Crippen molar-refractivity contribution in [1.29, 1.82) is 0 Å². The topological polar surface area (TPSA) is 131 Å². The molecule has 11 heteroatoms. The molecular formula is C20H29N3O7S. The summed E-state index contributed by atoms with van der Waals surface area (Å²) in [5.41, 5.74) is -0.0523. The van der Waals surface area contributed by atoms with Gasteiger partial charge in [-0.1, -0.05) is 6.42 Å². The Morgan fingerprint density at radius 1 is 1.23 bits per heavy atom. The van der Waals surface area contributed by atoms with Crippen molar-refractivity contribution in [3.63, 3.8) is 0 Å². The lowest BCUT2D eigenvalue weighted by Crippen LogP contribution is -2.44. The van der Waals surface area contributed by atoms with Gasteiger partial charge in [0.2, 0.25) is 10.0 Å². The van der Waals surface area contributed by atoms with Crippen LogP contribution in [-0.4, -0.2) is 63.0 Å². The minimum atomic E-state index is -3.90. The largest absolute Gasteiger partial charge is 0.495 e. The molecule has 172 valence electrons. The van der Waals surface area contributed by atoms with Gasteiger partial charge in [0.1, 0.15) is 10.6 Å². The van der Waals surface area contributed by atoms with Crippen LogP contribution in [0.3, 0.4) is 0 Å². The van der Waals surface area contributed by atoms with Crippen LogP contribution in [-0.2, 0) is 19.6 Å². The molecule has 3 amide bonds. The summed E-state index contributed by atoms with van der Waals surface area (Å²) in [5, 5.41) is 4.50. The molecule has 1 atom stereocenters. The molecule has 1 saturated heterocycles. The number of hydrogen-bond donors (Lipinski definition) is 2. The van der Waals surface area contributed by atoms with Gasteiger partial charge in [0.15, 0.2) is 6.61 Å². The van der Waals surface area contributed by atoms with Crippen LogP contribution < -0.4 is 15.4 Å². The van der Waals surface area contributed by atoms with Gasteiger partial charge in [-0.3, -0.25) is 10.1 Å². The van der Waals surface area contributed by atoms with Gasteiger partial charge in [0.05, 0.1) is 12.7 Å². The number of sulfonamides is 1. The van der Waals surface area contributed by atoms with Gasteiger partial charge in [-0.15, -0.1) is 0 Å². The molecule has 10 nitrogen and oxygen atoms in total. The van der Waals surface area contributed by atoms with Crippen LogP contribution in [0.5, 0.6) is 5.75 Å². The van der Waals surface area contributed by atoms with Crippen LogP contribution >= 0.6 is 0 Å². The van der Waals surface area contributed by atoms with Crippen LogP contribution in [0.15, 0.2) is 23.1 Å². The van der Waals surface area contributed by atoms with Gasteiger partial charge in [-0.05, 0) is 51.8 Å². The normalized spacial score (nSPS) is 17.1. The van der Waals surface area contributed by atoms with Crippen LogP contribution in [0.25, 0.3) is 0 Å². The highest BCUT2D eigenvalue weighted by Crippen LogP contribution is 2.31. The first-order valence-corrected chi connectivity index (χ1v) is 11.5. The smallest absolute Gasteiger partial charge is 0.338 e. The molecular weight excluding hydrogens is 426 g/mol. The Morgan fingerprint density at radius 2 is 1.94 bits per heavy atom. The molecule has 0 aliphatic carbocycles. The number of carbonyl (C=O) groups excluding carboxylic acids is 3. The van der Waals surface area contributed by atoms with Crippen molar-refractivity contribution in [2.45, 2.75) is 57.0 Å². The van der Waals surface area contributed by atoms with E-state index < -0.39 is 34.5 Å². The molecule has 1 aliphatic heterocycles. The molecule has 0 bridgehead atoms. The molecule has 2 rings (SSSR count). The monoisotopic (exact) mass is 455 g/mol. The maximum atomic E-state index is 13.2. The van der Waals surface area contributed by atoms with E-state index in [1.54, 1.807) is 13.8 Å².